The Morgan fingerprint density at radius 3 is 2.88 bits per heavy atom. The average molecular weight is 338 g/mol. The van der Waals surface area contributed by atoms with Crippen molar-refractivity contribution in [2.45, 2.75) is 58.6 Å². The Hall–Kier alpha value is -0.910. The molecule has 3 unspecified atom stereocenters. The van der Waals surface area contributed by atoms with E-state index in [1.54, 1.807) is 7.11 Å². The fourth-order valence-corrected chi connectivity index (χ4v) is 4.50. The Balaban J connectivity index is 0.00000208. The lowest BCUT2D eigenvalue weighted by Crippen LogP contribution is -2.43. The third-order valence-corrected chi connectivity index (χ3v) is 5.37. The van der Waals surface area contributed by atoms with Gasteiger partial charge in [-0.25, -0.2) is 0 Å². The van der Waals surface area contributed by atoms with Gasteiger partial charge in [0.15, 0.2) is 0 Å². The second-order valence-electron chi connectivity index (χ2n) is 7.20. The quantitative estimate of drug-likeness (QED) is 0.646. The van der Waals surface area contributed by atoms with E-state index in [2.05, 4.69) is 16.0 Å². The summed E-state index contributed by atoms with van der Waals surface area (Å²) >= 11 is 0. The van der Waals surface area contributed by atoms with Gasteiger partial charge >= 0.3 is 0 Å². The summed E-state index contributed by atoms with van der Waals surface area (Å²) in [6, 6.07) is 2.02. The van der Waals surface area contributed by atoms with Gasteiger partial charge in [0.05, 0.1) is 32.5 Å². The molecular formula is C19H34N2O3. The van der Waals surface area contributed by atoms with Crippen LogP contribution in [0.1, 0.15) is 46.0 Å². The molecule has 0 aliphatic heterocycles. The molecule has 0 saturated heterocycles. The smallest absolute Gasteiger partial charge is 0.0704 e. The maximum atomic E-state index is 6.15. The minimum Gasteiger partial charge on any atom is -0.382 e. The number of aromatic nitrogens is 2. The molecule has 3 rings (SSSR count). The molecule has 5 nitrogen and oxygen atoms in total. The van der Waals surface area contributed by atoms with Crippen molar-refractivity contribution in [1.29, 1.82) is 0 Å². The first-order valence-corrected chi connectivity index (χ1v) is 8.95. The Labute approximate surface area is 146 Å². The minimum absolute atomic E-state index is 0. The van der Waals surface area contributed by atoms with E-state index in [9.17, 15) is 0 Å². The van der Waals surface area contributed by atoms with Crippen LogP contribution in [0.4, 0.5) is 0 Å². The fourth-order valence-electron chi connectivity index (χ4n) is 4.50. The number of rotatable bonds is 9. The fraction of sp³-hybridized carbons (Fsp3) is 0.842. The van der Waals surface area contributed by atoms with Gasteiger partial charge in [0, 0.05) is 26.0 Å². The first kappa shape index (κ1) is 19.4. The normalized spacial score (nSPS) is 29.2. The monoisotopic (exact) mass is 338 g/mol. The third kappa shape index (κ3) is 5.30. The molecule has 2 aliphatic carbocycles. The van der Waals surface area contributed by atoms with Crippen LogP contribution in [-0.2, 0) is 20.8 Å². The predicted octanol–water partition coefficient (Wildman–Crippen LogP) is 3.54. The van der Waals surface area contributed by atoms with Crippen LogP contribution in [0.2, 0.25) is 0 Å². The number of hydrogen-bond acceptors (Lipinski definition) is 4. The largest absolute Gasteiger partial charge is 0.382 e. The van der Waals surface area contributed by atoms with E-state index in [1.165, 1.54) is 38.5 Å². The molecule has 2 bridgehead atoms. The topological polar surface area (TPSA) is 45.5 Å². The van der Waals surface area contributed by atoms with Gasteiger partial charge in [0.2, 0.25) is 0 Å². The third-order valence-electron chi connectivity index (χ3n) is 5.37. The van der Waals surface area contributed by atoms with Gasteiger partial charge in [-0.15, -0.1) is 0 Å². The predicted molar refractivity (Wildman–Crippen MR) is 95.0 cm³/mol. The highest BCUT2D eigenvalue weighted by atomic mass is 16.5. The molecular weight excluding hydrogens is 304 g/mol. The maximum absolute atomic E-state index is 6.15. The molecule has 24 heavy (non-hydrogen) atoms. The van der Waals surface area contributed by atoms with Crippen molar-refractivity contribution in [3.8, 4) is 0 Å². The Bertz CT molecular complexity index is 451. The van der Waals surface area contributed by atoms with Gasteiger partial charge in [0.1, 0.15) is 0 Å². The van der Waals surface area contributed by atoms with Crippen molar-refractivity contribution in [3.63, 3.8) is 0 Å². The highest BCUT2D eigenvalue weighted by molar-refractivity contribution is 4.95. The van der Waals surface area contributed by atoms with Gasteiger partial charge in [-0.1, -0.05) is 20.3 Å². The van der Waals surface area contributed by atoms with Crippen LogP contribution in [0.25, 0.3) is 0 Å². The van der Waals surface area contributed by atoms with Crippen molar-refractivity contribution < 1.29 is 14.2 Å². The summed E-state index contributed by atoms with van der Waals surface area (Å²) in [4.78, 5) is 0. The van der Waals surface area contributed by atoms with E-state index in [0.29, 0.717) is 37.9 Å². The summed E-state index contributed by atoms with van der Waals surface area (Å²) in [7, 11) is 1.69. The number of methoxy groups -OCH3 is 1. The van der Waals surface area contributed by atoms with Crippen LogP contribution in [-0.4, -0.2) is 49.4 Å². The molecule has 3 atom stereocenters. The second-order valence-corrected chi connectivity index (χ2v) is 7.20. The summed E-state index contributed by atoms with van der Waals surface area (Å²) < 4.78 is 18.7. The van der Waals surface area contributed by atoms with Crippen LogP contribution < -0.4 is 0 Å². The maximum Gasteiger partial charge on any atom is 0.0704 e. The molecule has 2 saturated carbocycles. The van der Waals surface area contributed by atoms with Gasteiger partial charge in [0.25, 0.3) is 0 Å². The summed E-state index contributed by atoms with van der Waals surface area (Å²) in [6.45, 7) is 3.70. The average Bonchev–Trinajstić information content (AvgIpc) is 3.03. The van der Waals surface area contributed by atoms with Crippen molar-refractivity contribution in [1.82, 2.24) is 9.78 Å². The molecule has 0 aromatic carbocycles. The van der Waals surface area contributed by atoms with Crippen molar-refractivity contribution in [2.24, 2.45) is 11.3 Å². The van der Waals surface area contributed by atoms with Crippen molar-refractivity contribution in [2.75, 3.05) is 33.5 Å². The molecule has 0 amide bonds. The zero-order valence-electron chi connectivity index (χ0n) is 14.3. The van der Waals surface area contributed by atoms with E-state index in [-0.39, 0.29) is 7.43 Å². The Kier molecular flexibility index (Phi) is 7.72. The zero-order valence-corrected chi connectivity index (χ0v) is 14.3. The molecule has 0 radical (unpaired) electrons. The standard InChI is InChI=1S/C18H30N2O3.CH4/c1-21-8-9-22-10-11-23-17-12-16-4-2-5-18(13-16,14-17)15-20-7-3-6-19-20;/h3,6-7,16-17H,2,4-5,8-15H2,1H3;1H4. The Morgan fingerprint density at radius 2 is 2.08 bits per heavy atom. The summed E-state index contributed by atoms with van der Waals surface area (Å²) in [5.74, 6) is 0.826. The van der Waals surface area contributed by atoms with Crippen LogP contribution >= 0.6 is 0 Å². The molecule has 5 heteroatoms. The number of fused-ring (bicyclic) bond motifs is 2. The second kappa shape index (κ2) is 9.54. The SMILES string of the molecule is C.COCCOCCOC1CC2CCCC(Cn3cccn3)(C2)C1. The number of ether oxygens (including phenoxy) is 3. The van der Waals surface area contributed by atoms with E-state index >= 15 is 0 Å². The minimum atomic E-state index is 0. The summed E-state index contributed by atoms with van der Waals surface area (Å²) in [5.41, 5.74) is 0.384. The lowest BCUT2D eigenvalue weighted by molar-refractivity contribution is -0.0775. The van der Waals surface area contributed by atoms with Crippen LogP contribution in [0, 0.1) is 11.3 Å². The van der Waals surface area contributed by atoms with Crippen molar-refractivity contribution >= 4 is 0 Å². The van der Waals surface area contributed by atoms with E-state index < -0.39 is 0 Å². The van der Waals surface area contributed by atoms with E-state index in [4.69, 9.17) is 14.2 Å². The van der Waals surface area contributed by atoms with E-state index in [1.807, 2.05) is 12.3 Å². The first-order chi connectivity index (χ1) is 11.3. The van der Waals surface area contributed by atoms with Gasteiger partial charge in [-0.05, 0) is 43.1 Å². The lowest BCUT2D eigenvalue weighted by Gasteiger charge is -2.48. The lowest BCUT2D eigenvalue weighted by atomic mass is 9.61. The zero-order chi connectivity index (χ0) is 16.0. The van der Waals surface area contributed by atoms with Crippen LogP contribution in [0.15, 0.2) is 18.5 Å². The van der Waals surface area contributed by atoms with Gasteiger partial charge in [-0.2, -0.15) is 5.10 Å². The molecule has 138 valence electrons. The number of nitrogens with zero attached hydrogens (tertiary/aromatic N) is 2. The molecule has 1 aromatic heterocycles. The summed E-state index contributed by atoms with van der Waals surface area (Å²) in [5, 5.41) is 4.43. The molecule has 0 spiro atoms. The van der Waals surface area contributed by atoms with E-state index in [0.717, 1.165) is 12.5 Å². The molecule has 0 N–H and O–H groups in total. The molecule has 2 fully saturated rings. The highest BCUT2D eigenvalue weighted by Crippen LogP contribution is 2.50. The van der Waals surface area contributed by atoms with Crippen LogP contribution in [0.3, 0.4) is 0 Å². The van der Waals surface area contributed by atoms with Crippen molar-refractivity contribution in [3.05, 3.63) is 18.5 Å². The highest BCUT2D eigenvalue weighted by Gasteiger charge is 2.43. The first-order valence-electron chi connectivity index (χ1n) is 8.95. The number of hydrogen-bond donors (Lipinski definition) is 0. The van der Waals surface area contributed by atoms with Gasteiger partial charge < -0.3 is 14.2 Å². The summed E-state index contributed by atoms with van der Waals surface area (Å²) in [6.07, 6.45) is 12.1. The Morgan fingerprint density at radius 1 is 1.21 bits per heavy atom. The molecule has 1 heterocycles. The van der Waals surface area contributed by atoms with Gasteiger partial charge in [-0.3, -0.25) is 4.68 Å². The molecule has 2 aliphatic rings. The van der Waals surface area contributed by atoms with Crippen LogP contribution in [0.5, 0.6) is 0 Å². The molecule has 1 aromatic rings.